The minimum absolute atomic E-state index is 0.140. The van der Waals surface area contributed by atoms with Crippen molar-refractivity contribution >= 4 is 15.9 Å². The van der Waals surface area contributed by atoms with Crippen LogP contribution in [0.5, 0.6) is 0 Å². The van der Waals surface area contributed by atoms with Crippen molar-refractivity contribution in [2.45, 2.75) is 32.4 Å². The van der Waals surface area contributed by atoms with E-state index in [1.165, 1.54) is 12.5 Å². The number of halogens is 2. The molecule has 1 aliphatic heterocycles. The van der Waals surface area contributed by atoms with Crippen molar-refractivity contribution in [3.63, 3.8) is 0 Å². The van der Waals surface area contributed by atoms with Crippen molar-refractivity contribution < 1.29 is 4.39 Å². The molecule has 100 valence electrons. The molecule has 1 saturated heterocycles. The van der Waals surface area contributed by atoms with Gasteiger partial charge in [-0.1, -0.05) is 28.9 Å². The Balaban J connectivity index is 2.07. The Bertz CT molecular complexity index is 411. The molecule has 1 aromatic rings. The molecule has 18 heavy (non-hydrogen) atoms. The lowest BCUT2D eigenvalue weighted by Crippen LogP contribution is -2.45. The summed E-state index contributed by atoms with van der Waals surface area (Å²) in [5, 5.41) is 0. The van der Waals surface area contributed by atoms with E-state index in [9.17, 15) is 4.39 Å². The molecule has 0 saturated carbocycles. The monoisotopic (exact) mass is 314 g/mol. The van der Waals surface area contributed by atoms with Crippen LogP contribution in [-0.4, -0.2) is 24.0 Å². The van der Waals surface area contributed by atoms with Crippen molar-refractivity contribution in [2.75, 3.05) is 13.1 Å². The summed E-state index contributed by atoms with van der Waals surface area (Å²) in [6.45, 7) is 4.59. The van der Waals surface area contributed by atoms with E-state index in [4.69, 9.17) is 5.73 Å². The third kappa shape index (κ3) is 3.31. The Hall–Kier alpha value is -0.450. The van der Waals surface area contributed by atoms with E-state index < -0.39 is 0 Å². The Morgan fingerprint density at radius 3 is 2.94 bits per heavy atom. The Kier molecular flexibility index (Phi) is 4.76. The minimum Gasteiger partial charge on any atom is -0.329 e. The van der Waals surface area contributed by atoms with Crippen LogP contribution in [0.1, 0.15) is 25.3 Å². The molecule has 2 atom stereocenters. The Labute approximate surface area is 116 Å². The first-order chi connectivity index (χ1) is 8.60. The number of likely N-dealkylation sites (tertiary alicyclic amines) is 1. The third-order valence-electron chi connectivity index (χ3n) is 3.76. The zero-order valence-corrected chi connectivity index (χ0v) is 12.3. The fourth-order valence-electron chi connectivity index (χ4n) is 2.62. The van der Waals surface area contributed by atoms with Crippen LogP contribution in [0.2, 0.25) is 0 Å². The van der Waals surface area contributed by atoms with Crippen LogP contribution in [0, 0.1) is 11.7 Å². The van der Waals surface area contributed by atoms with Gasteiger partial charge in [-0.25, -0.2) is 4.39 Å². The van der Waals surface area contributed by atoms with Crippen molar-refractivity contribution in [1.82, 2.24) is 4.90 Å². The molecule has 0 spiro atoms. The summed E-state index contributed by atoms with van der Waals surface area (Å²) in [5.41, 5.74) is 6.58. The lowest BCUT2D eigenvalue weighted by atomic mass is 9.92. The average molecular weight is 315 g/mol. The number of piperidine rings is 1. The van der Waals surface area contributed by atoms with Gasteiger partial charge in [-0.2, -0.15) is 0 Å². The number of rotatable bonds is 3. The molecular weight excluding hydrogens is 295 g/mol. The maximum Gasteiger partial charge on any atom is 0.128 e. The highest BCUT2D eigenvalue weighted by Gasteiger charge is 2.25. The number of nitrogens with two attached hydrogens (primary N) is 1. The second-order valence-electron chi connectivity index (χ2n) is 5.23. The zero-order chi connectivity index (χ0) is 13.1. The number of hydrogen-bond acceptors (Lipinski definition) is 2. The first-order valence-electron chi connectivity index (χ1n) is 6.48. The maximum absolute atomic E-state index is 13.8. The van der Waals surface area contributed by atoms with E-state index in [-0.39, 0.29) is 5.82 Å². The van der Waals surface area contributed by atoms with Crippen molar-refractivity contribution in [2.24, 2.45) is 11.7 Å². The second kappa shape index (κ2) is 6.13. The highest BCUT2D eigenvalue weighted by molar-refractivity contribution is 9.10. The van der Waals surface area contributed by atoms with E-state index in [2.05, 4.69) is 27.8 Å². The summed E-state index contributed by atoms with van der Waals surface area (Å²) < 4.78 is 14.6. The van der Waals surface area contributed by atoms with Crippen LogP contribution in [0.3, 0.4) is 0 Å². The van der Waals surface area contributed by atoms with Gasteiger partial charge in [0.1, 0.15) is 5.82 Å². The first kappa shape index (κ1) is 14.0. The van der Waals surface area contributed by atoms with Crippen molar-refractivity contribution in [1.29, 1.82) is 0 Å². The molecular formula is C14H20BrFN2. The van der Waals surface area contributed by atoms with Gasteiger partial charge in [-0.15, -0.1) is 0 Å². The Morgan fingerprint density at radius 2 is 2.28 bits per heavy atom. The lowest BCUT2D eigenvalue weighted by Gasteiger charge is -2.38. The molecule has 2 nitrogen and oxygen atoms in total. The number of benzene rings is 1. The SMILES string of the molecule is CC1CCN(Cc2ccc(Br)cc2F)C(CN)C1. The largest absolute Gasteiger partial charge is 0.329 e. The van der Waals surface area contributed by atoms with Gasteiger partial charge in [-0.05, 0) is 37.4 Å². The van der Waals surface area contributed by atoms with Crippen molar-refractivity contribution in [3.8, 4) is 0 Å². The molecule has 2 N–H and O–H groups in total. The van der Waals surface area contributed by atoms with E-state index >= 15 is 0 Å². The fraction of sp³-hybridized carbons (Fsp3) is 0.571. The topological polar surface area (TPSA) is 29.3 Å². The quantitative estimate of drug-likeness (QED) is 0.928. The molecule has 1 fully saturated rings. The molecule has 4 heteroatoms. The summed E-state index contributed by atoms with van der Waals surface area (Å²) in [5.74, 6) is 0.586. The first-order valence-corrected chi connectivity index (χ1v) is 7.27. The van der Waals surface area contributed by atoms with Crippen LogP contribution < -0.4 is 5.73 Å². The standard InChI is InChI=1S/C14H20BrFN2/c1-10-4-5-18(13(6-10)8-17)9-11-2-3-12(15)7-14(11)16/h2-3,7,10,13H,4-6,8-9,17H2,1H3. The van der Waals surface area contributed by atoms with Gasteiger partial charge in [0.05, 0.1) is 0 Å². The van der Waals surface area contributed by atoms with Gasteiger partial charge in [0.2, 0.25) is 0 Å². The maximum atomic E-state index is 13.8. The molecule has 1 heterocycles. The van der Waals surface area contributed by atoms with Gasteiger partial charge in [0, 0.05) is 29.2 Å². The van der Waals surface area contributed by atoms with Crippen LogP contribution in [0.25, 0.3) is 0 Å². The third-order valence-corrected chi connectivity index (χ3v) is 4.25. The predicted molar refractivity (Wildman–Crippen MR) is 75.8 cm³/mol. The predicted octanol–water partition coefficient (Wildman–Crippen LogP) is 3.15. The normalized spacial score (nSPS) is 25.3. The summed E-state index contributed by atoms with van der Waals surface area (Å²) in [7, 11) is 0. The summed E-state index contributed by atoms with van der Waals surface area (Å²) >= 11 is 3.28. The van der Waals surface area contributed by atoms with E-state index in [0.29, 0.717) is 19.1 Å². The van der Waals surface area contributed by atoms with Crippen LogP contribution >= 0.6 is 15.9 Å². The molecule has 0 aromatic heterocycles. The van der Waals surface area contributed by atoms with E-state index in [1.807, 2.05) is 12.1 Å². The van der Waals surface area contributed by atoms with Crippen LogP contribution in [0.4, 0.5) is 4.39 Å². The summed E-state index contributed by atoms with van der Waals surface area (Å²) in [6.07, 6.45) is 2.29. The number of hydrogen-bond donors (Lipinski definition) is 1. The summed E-state index contributed by atoms with van der Waals surface area (Å²) in [6, 6.07) is 5.66. The van der Waals surface area contributed by atoms with Gasteiger partial charge in [-0.3, -0.25) is 4.90 Å². The van der Waals surface area contributed by atoms with Gasteiger partial charge in [0.25, 0.3) is 0 Å². The highest BCUT2D eigenvalue weighted by Crippen LogP contribution is 2.25. The van der Waals surface area contributed by atoms with Crippen LogP contribution in [-0.2, 0) is 6.54 Å². The minimum atomic E-state index is -0.140. The van der Waals surface area contributed by atoms with Gasteiger partial charge >= 0.3 is 0 Å². The highest BCUT2D eigenvalue weighted by atomic mass is 79.9. The van der Waals surface area contributed by atoms with Gasteiger partial charge in [0.15, 0.2) is 0 Å². The Morgan fingerprint density at radius 1 is 1.50 bits per heavy atom. The van der Waals surface area contributed by atoms with E-state index in [1.54, 1.807) is 0 Å². The second-order valence-corrected chi connectivity index (χ2v) is 6.14. The molecule has 1 aliphatic rings. The smallest absolute Gasteiger partial charge is 0.128 e. The zero-order valence-electron chi connectivity index (χ0n) is 10.7. The van der Waals surface area contributed by atoms with Crippen molar-refractivity contribution in [3.05, 3.63) is 34.1 Å². The molecule has 0 aliphatic carbocycles. The summed E-state index contributed by atoms with van der Waals surface area (Å²) in [4.78, 5) is 2.31. The molecule has 0 bridgehead atoms. The molecule has 2 rings (SSSR count). The molecule has 1 aromatic carbocycles. The van der Waals surface area contributed by atoms with Gasteiger partial charge < -0.3 is 5.73 Å². The van der Waals surface area contributed by atoms with Crippen LogP contribution in [0.15, 0.2) is 22.7 Å². The average Bonchev–Trinajstić information content (AvgIpc) is 2.34. The molecule has 2 unspecified atom stereocenters. The number of nitrogens with zero attached hydrogens (tertiary/aromatic N) is 1. The van der Waals surface area contributed by atoms with E-state index in [0.717, 1.165) is 28.9 Å². The fourth-order valence-corrected chi connectivity index (χ4v) is 2.96. The lowest BCUT2D eigenvalue weighted by molar-refractivity contribution is 0.114. The molecule has 0 amide bonds. The molecule has 0 radical (unpaired) electrons.